The van der Waals surface area contributed by atoms with E-state index in [-0.39, 0.29) is 0 Å². The van der Waals surface area contributed by atoms with Crippen molar-refractivity contribution < 1.29 is 4.74 Å². The summed E-state index contributed by atoms with van der Waals surface area (Å²) in [4.78, 5) is 0. The van der Waals surface area contributed by atoms with Crippen molar-refractivity contribution in [2.75, 3.05) is 12.3 Å². The van der Waals surface area contributed by atoms with Crippen molar-refractivity contribution in [2.45, 2.75) is 31.7 Å². The van der Waals surface area contributed by atoms with E-state index in [2.05, 4.69) is 52.0 Å². The summed E-state index contributed by atoms with van der Waals surface area (Å²) in [5.41, 5.74) is 3.26. The van der Waals surface area contributed by atoms with Gasteiger partial charge in [0.15, 0.2) is 0 Å². The second kappa shape index (κ2) is 10.8. The number of hydrogen-bond acceptors (Lipinski definition) is 6. The lowest BCUT2D eigenvalue weighted by Gasteiger charge is -2.15. The van der Waals surface area contributed by atoms with Gasteiger partial charge in [0.05, 0.1) is 5.02 Å². The summed E-state index contributed by atoms with van der Waals surface area (Å²) in [6.45, 7) is 3.99. The number of rotatable bonds is 10. The lowest BCUT2D eigenvalue weighted by atomic mass is 10.1. The molecule has 154 valence electrons. The first-order valence-electron chi connectivity index (χ1n) is 9.25. The molecule has 0 atom stereocenters. The maximum Gasteiger partial charge on any atom is 0.209 e. The Labute approximate surface area is 184 Å². The smallest absolute Gasteiger partial charge is 0.209 e. The van der Waals surface area contributed by atoms with Crippen molar-refractivity contribution >= 4 is 35.0 Å². The molecule has 0 spiro atoms. The Morgan fingerprint density at radius 2 is 1.97 bits per heavy atom. The molecule has 0 fully saturated rings. The second-order valence-corrected chi connectivity index (χ2v) is 8.52. The molecule has 1 N–H and O–H groups in total. The average Bonchev–Trinajstić information content (AvgIpc) is 3.10. The van der Waals surface area contributed by atoms with Crippen LogP contribution in [0, 0.1) is 6.92 Å². The Morgan fingerprint density at radius 3 is 2.69 bits per heavy atom. The van der Waals surface area contributed by atoms with Crippen LogP contribution in [0.4, 0.5) is 0 Å². The zero-order valence-electron chi connectivity index (χ0n) is 16.4. The highest BCUT2D eigenvalue weighted by atomic mass is 35.5. The quantitative estimate of drug-likeness (QED) is 0.356. The molecule has 1 heterocycles. The molecule has 0 bridgehead atoms. The van der Waals surface area contributed by atoms with Gasteiger partial charge in [-0.1, -0.05) is 64.8 Å². The Balaban J connectivity index is 1.51. The van der Waals surface area contributed by atoms with Gasteiger partial charge < -0.3 is 10.1 Å². The lowest BCUT2D eigenvalue weighted by Crippen LogP contribution is -2.16. The van der Waals surface area contributed by atoms with Gasteiger partial charge in [0, 0.05) is 29.9 Å². The van der Waals surface area contributed by atoms with Crippen LogP contribution in [0.1, 0.15) is 23.1 Å². The van der Waals surface area contributed by atoms with E-state index in [1.807, 2.05) is 13.1 Å². The summed E-state index contributed by atoms with van der Waals surface area (Å²) in [6, 6.07) is 11.9. The summed E-state index contributed by atoms with van der Waals surface area (Å²) >= 11 is 14.2. The molecule has 0 radical (unpaired) electrons. The van der Waals surface area contributed by atoms with Crippen molar-refractivity contribution in [3.8, 4) is 5.75 Å². The van der Waals surface area contributed by atoms with Crippen LogP contribution in [0.5, 0.6) is 5.75 Å². The normalized spacial score (nSPS) is 11.0. The van der Waals surface area contributed by atoms with Gasteiger partial charge in [0.2, 0.25) is 5.16 Å². The van der Waals surface area contributed by atoms with Crippen LogP contribution in [0.3, 0.4) is 0 Å². The van der Waals surface area contributed by atoms with Crippen molar-refractivity contribution in [3.63, 3.8) is 0 Å². The van der Waals surface area contributed by atoms with Crippen LogP contribution in [-0.2, 0) is 20.2 Å². The van der Waals surface area contributed by atoms with E-state index in [0.29, 0.717) is 28.9 Å². The van der Waals surface area contributed by atoms with Gasteiger partial charge in [0.1, 0.15) is 12.4 Å². The first-order valence-corrected chi connectivity index (χ1v) is 11.0. The highest BCUT2D eigenvalue weighted by molar-refractivity contribution is 7.99. The van der Waals surface area contributed by atoms with Crippen LogP contribution in [-0.4, -0.2) is 32.5 Å². The summed E-state index contributed by atoms with van der Waals surface area (Å²) < 4.78 is 7.70. The van der Waals surface area contributed by atoms with E-state index in [0.717, 1.165) is 35.0 Å². The molecular weight excluding hydrogens is 429 g/mol. The Kier molecular flexibility index (Phi) is 8.18. The predicted octanol–water partition coefficient (Wildman–Crippen LogP) is 4.68. The van der Waals surface area contributed by atoms with Crippen LogP contribution in [0.15, 0.2) is 41.6 Å². The minimum Gasteiger partial charge on any atom is -0.487 e. The van der Waals surface area contributed by atoms with E-state index >= 15 is 0 Å². The fraction of sp³-hybridized carbons (Fsp3) is 0.350. The van der Waals surface area contributed by atoms with Crippen LogP contribution in [0.25, 0.3) is 0 Å². The number of nitrogens with one attached hydrogen (secondary N) is 1. The zero-order chi connectivity index (χ0) is 20.6. The number of tetrazole rings is 1. The van der Waals surface area contributed by atoms with Crippen molar-refractivity contribution in [1.82, 2.24) is 25.5 Å². The molecule has 0 aliphatic carbocycles. The average molecular weight is 452 g/mol. The minimum absolute atomic E-state index is 0.455. The number of nitrogens with zero attached hydrogens (tertiary/aromatic N) is 4. The molecule has 6 nitrogen and oxygen atoms in total. The van der Waals surface area contributed by atoms with Gasteiger partial charge in [-0.05, 0) is 48.0 Å². The van der Waals surface area contributed by atoms with Gasteiger partial charge in [0.25, 0.3) is 0 Å². The maximum absolute atomic E-state index is 6.40. The standard InChI is InChI=1S/C20H23Cl2N5OS/c1-14-4-6-15(7-5-14)13-28-19-16(10-17(21)11-18(19)22)12-23-8-3-9-29-20-24-25-26-27(20)2/h4-7,10-11,23H,3,8-9,12-13H2,1-2H3. The van der Waals surface area contributed by atoms with Crippen LogP contribution >= 0.6 is 35.0 Å². The van der Waals surface area contributed by atoms with E-state index in [1.165, 1.54) is 5.56 Å². The first kappa shape index (κ1) is 21.9. The summed E-state index contributed by atoms with van der Waals surface area (Å²) in [5, 5.41) is 16.8. The van der Waals surface area contributed by atoms with Crippen molar-refractivity contribution in [2.24, 2.45) is 7.05 Å². The number of ether oxygens (including phenoxy) is 1. The van der Waals surface area contributed by atoms with Gasteiger partial charge in [-0.25, -0.2) is 4.68 Å². The lowest BCUT2D eigenvalue weighted by molar-refractivity contribution is 0.302. The van der Waals surface area contributed by atoms with E-state index in [4.69, 9.17) is 27.9 Å². The second-order valence-electron chi connectivity index (χ2n) is 6.61. The first-order chi connectivity index (χ1) is 14.0. The fourth-order valence-electron chi connectivity index (χ4n) is 2.67. The number of halogens is 2. The van der Waals surface area contributed by atoms with Crippen LogP contribution in [0.2, 0.25) is 10.0 Å². The van der Waals surface area contributed by atoms with Gasteiger partial charge in [-0.15, -0.1) is 5.10 Å². The molecule has 29 heavy (non-hydrogen) atoms. The number of aryl methyl sites for hydroxylation is 2. The third kappa shape index (κ3) is 6.60. The van der Waals surface area contributed by atoms with Gasteiger partial charge >= 0.3 is 0 Å². The largest absolute Gasteiger partial charge is 0.487 e. The molecule has 0 saturated carbocycles. The van der Waals surface area contributed by atoms with E-state index < -0.39 is 0 Å². The molecule has 0 aliphatic heterocycles. The molecule has 3 rings (SSSR count). The van der Waals surface area contributed by atoms with Gasteiger partial charge in [-0.2, -0.15) is 0 Å². The molecule has 9 heteroatoms. The summed E-state index contributed by atoms with van der Waals surface area (Å²) in [7, 11) is 1.83. The molecule has 0 aliphatic rings. The molecule has 0 amide bonds. The highest BCUT2D eigenvalue weighted by Crippen LogP contribution is 2.33. The molecule has 2 aromatic carbocycles. The SMILES string of the molecule is Cc1ccc(COc2c(Cl)cc(Cl)cc2CNCCCSc2nnnn2C)cc1. The molecule has 1 aromatic heterocycles. The maximum atomic E-state index is 6.40. The molecule has 0 unspecified atom stereocenters. The number of hydrogen-bond donors (Lipinski definition) is 1. The third-order valence-electron chi connectivity index (χ3n) is 4.21. The summed E-state index contributed by atoms with van der Waals surface area (Å²) in [5.74, 6) is 1.59. The van der Waals surface area contributed by atoms with Crippen molar-refractivity contribution in [3.05, 3.63) is 63.1 Å². The Bertz CT molecular complexity index is 933. The third-order valence-corrected chi connectivity index (χ3v) is 5.81. The fourth-order valence-corrected chi connectivity index (χ4v) is 4.05. The molecular formula is C20H23Cl2N5OS. The Hall–Kier alpha value is -1.80. The predicted molar refractivity (Wildman–Crippen MR) is 118 cm³/mol. The van der Waals surface area contributed by atoms with Crippen LogP contribution < -0.4 is 10.1 Å². The van der Waals surface area contributed by atoms with Crippen molar-refractivity contribution in [1.29, 1.82) is 0 Å². The van der Waals surface area contributed by atoms with E-state index in [9.17, 15) is 0 Å². The minimum atomic E-state index is 0.455. The summed E-state index contributed by atoms with van der Waals surface area (Å²) in [6.07, 6.45) is 0.978. The van der Waals surface area contributed by atoms with Gasteiger partial charge in [-0.3, -0.25) is 0 Å². The number of benzene rings is 2. The number of aromatic nitrogens is 4. The number of thioether (sulfide) groups is 1. The molecule has 0 saturated heterocycles. The molecule has 3 aromatic rings. The topological polar surface area (TPSA) is 64.9 Å². The van der Waals surface area contributed by atoms with E-state index in [1.54, 1.807) is 22.5 Å². The Morgan fingerprint density at radius 1 is 1.17 bits per heavy atom. The zero-order valence-corrected chi connectivity index (χ0v) is 18.7. The monoisotopic (exact) mass is 451 g/mol. The highest BCUT2D eigenvalue weighted by Gasteiger charge is 2.11.